The molecule has 1 aliphatic heterocycles. The molecule has 1 fully saturated rings. The van der Waals surface area contributed by atoms with Gasteiger partial charge >= 0.3 is 0 Å². The highest BCUT2D eigenvalue weighted by molar-refractivity contribution is 6.40. The number of rotatable bonds is 3. The minimum atomic E-state index is -0.472. The minimum absolute atomic E-state index is 0.112. The third-order valence-electron chi connectivity index (χ3n) is 3.82. The minimum Gasteiger partial charge on any atom is -0.326 e. The largest absolute Gasteiger partial charge is 0.326 e. The monoisotopic (exact) mass is 382 g/mol. The summed E-state index contributed by atoms with van der Waals surface area (Å²) in [6.07, 6.45) is 0.112. The van der Waals surface area contributed by atoms with Crippen molar-refractivity contribution in [1.29, 1.82) is 0 Å². The Labute approximate surface area is 154 Å². The number of nitrogens with one attached hydrogen (secondary N) is 1. The van der Waals surface area contributed by atoms with E-state index < -0.39 is 5.92 Å². The molecule has 7 heteroatoms. The van der Waals surface area contributed by atoms with Gasteiger partial charge in [0.25, 0.3) is 0 Å². The predicted octanol–water partition coefficient (Wildman–Crippen LogP) is 4.64. The Morgan fingerprint density at radius 3 is 2.29 bits per heavy atom. The Hall–Kier alpha value is -1.75. The molecule has 0 spiro atoms. The molecule has 1 N–H and O–H groups in total. The molecule has 1 saturated heterocycles. The first-order valence-corrected chi connectivity index (χ1v) is 8.40. The zero-order valence-corrected chi connectivity index (χ0v) is 14.7. The molecule has 2 aromatic carbocycles. The second-order valence-corrected chi connectivity index (χ2v) is 6.72. The van der Waals surface area contributed by atoms with Crippen molar-refractivity contribution in [3.8, 4) is 0 Å². The van der Waals surface area contributed by atoms with Crippen LogP contribution in [0.1, 0.15) is 6.42 Å². The fourth-order valence-electron chi connectivity index (χ4n) is 2.62. The molecule has 0 radical (unpaired) electrons. The Morgan fingerprint density at radius 2 is 1.67 bits per heavy atom. The van der Waals surface area contributed by atoms with Gasteiger partial charge in [-0.1, -0.05) is 40.9 Å². The van der Waals surface area contributed by atoms with E-state index in [2.05, 4.69) is 5.32 Å². The summed E-state index contributed by atoms with van der Waals surface area (Å²) in [6, 6.07) is 11.8. The van der Waals surface area contributed by atoms with Gasteiger partial charge in [-0.05, 0) is 36.4 Å². The van der Waals surface area contributed by atoms with E-state index in [9.17, 15) is 9.59 Å². The molecule has 0 bridgehead atoms. The van der Waals surface area contributed by atoms with Crippen LogP contribution in [-0.4, -0.2) is 18.4 Å². The first kappa shape index (κ1) is 17.1. The van der Waals surface area contributed by atoms with E-state index in [1.165, 1.54) is 4.90 Å². The average Bonchev–Trinajstić information content (AvgIpc) is 2.91. The number of carbonyl (C=O) groups excluding carboxylic acids is 2. The Kier molecular flexibility index (Phi) is 4.99. The lowest BCUT2D eigenvalue weighted by Gasteiger charge is -2.19. The van der Waals surface area contributed by atoms with Crippen LogP contribution in [0.2, 0.25) is 15.1 Å². The summed E-state index contributed by atoms with van der Waals surface area (Å²) in [6.45, 7) is 0.238. The zero-order valence-electron chi connectivity index (χ0n) is 12.4. The summed E-state index contributed by atoms with van der Waals surface area (Å²) < 4.78 is 0. The Morgan fingerprint density at radius 1 is 1.04 bits per heavy atom. The first-order chi connectivity index (χ1) is 11.5. The molecule has 0 saturated carbocycles. The molecule has 24 heavy (non-hydrogen) atoms. The van der Waals surface area contributed by atoms with Crippen molar-refractivity contribution in [2.45, 2.75) is 6.42 Å². The summed E-state index contributed by atoms with van der Waals surface area (Å²) in [5.74, 6) is -0.877. The second kappa shape index (κ2) is 7.01. The second-order valence-electron chi connectivity index (χ2n) is 5.47. The van der Waals surface area contributed by atoms with E-state index in [1.807, 2.05) is 0 Å². The molecule has 3 rings (SSSR count). The van der Waals surface area contributed by atoms with Gasteiger partial charge in [0.1, 0.15) is 0 Å². The van der Waals surface area contributed by atoms with Crippen molar-refractivity contribution in [3.05, 3.63) is 57.5 Å². The highest BCUT2D eigenvalue weighted by atomic mass is 35.5. The molecule has 1 heterocycles. The maximum atomic E-state index is 12.4. The van der Waals surface area contributed by atoms with Gasteiger partial charge in [0.2, 0.25) is 11.8 Å². The van der Waals surface area contributed by atoms with Gasteiger partial charge < -0.3 is 10.2 Å². The highest BCUT2D eigenvalue weighted by Crippen LogP contribution is 2.37. The number of benzene rings is 2. The lowest BCUT2D eigenvalue weighted by molar-refractivity contribution is -0.122. The van der Waals surface area contributed by atoms with Gasteiger partial charge in [-0.2, -0.15) is 0 Å². The van der Waals surface area contributed by atoms with Crippen LogP contribution in [-0.2, 0) is 9.59 Å². The van der Waals surface area contributed by atoms with Crippen LogP contribution in [0.3, 0.4) is 0 Å². The standard InChI is InChI=1S/C17H13Cl3N2O2/c18-11-4-6-12(7-5-11)21-17(24)10-8-15(23)22(9-10)16-13(19)2-1-3-14(16)20/h1-7,10H,8-9H2,(H,21,24). The molecule has 1 aliphatic rings. The Balaban J connectivity index is 1.74. The number of anilines is 2. The van der Waals surface area contributed by atoms with Crippen LogP contribution in [0.15, 0.2) is 42.5 Å². The number of nitrogens with zero attached hydrogens (tertiary/aromatic N) is 1. The summed E-state index contributed by atoms with van der Waals surface area (Å²) in [4.78, 5) is 26.2. The van der Waals surface area contributed by atoms with Crippen LogP contribution in [0.25, 0.3) is 0 Å². The molecule has 124 valence electrons. The molecule has 2 aromatic rings. The third-order valence-corrected chi connectivity index (χ3v) is 4.68. The summed E-state index contributed by atoms with van der Waals surface area (Å²) in [7, 11) is 0. The van der Waals surface area contributed by atoms with Crippen LogP contribution in [0.5, 0.6) is 0 Å². The zero-order chi connectivity index (χ0) is 17.3. The van der Waals surface area contributed by atoms with E-state index in [0.29, 0.717) is 26.4 Å². The maximum absolute atomic E-state index is 12.4. The molecular weight excluding hydrogens is 371 g/mol. The smallest absolute Gasteiger partial charge is 0.229 e. The van der Waals surface area contributed by atoms with Gasteiger partial charge in [-0.15, -0.1) is 0 Å². The van der Waals surface area contributed by atoms with Crippen molar-refractivity contribution in [1.82, 2.24) is 0 Å². The number of hydrogen-bond acceptors (Lipinski definition) is 2. The number of carbonyl (C=O) groups is 2. The van der Waals surface area contributed by atoms with Gasteiger partial charge in [-0.3, -0.25) is 9.59 Å². The lowest BCUT2D eigenvalue weighted by atomic mass is 10.1. The van der Waals surface area contributed by atoms with Crippen molar-refractivity contribution in [3.63, 3.8) is 0 Å². The van der Waals surface area contributed by atoms with Gasteiger partial charge in [0.05, 0.1) is 21.7 Å². The average molecular weight is 384 g/mol. The van der Waals surface area contributed by atoms with E-state index in [0.717, 1.165) is 0 Å². The number of hydrogen-bond donors (Lipinski definition) is 1. The molecule has 1 atom stereocenters. The SMILES string of the molecule is O=C(Nc1ccc(Cl)cc1)C1CC(=O)N(c2c(Cl)cccc2Cl)C1. The molecule has 2 amide bonds. The fraction of sp³-hybridized carbons (Fsp3) is 0.176. The molecule has 0 aliphatic carbocycles. The van der Waals surface area contributed by atoms with Crippen LogP contribution < -0.4 is 10.2 Å². The van der Waals surface area contributed by atoms with E-state index in [4.69, 9.17) is 34.8 Å². The molecule has 4 nitrogen and oxygen atoms in total. The topological polar surface area (TPSA) is 49.4 Å². The summed E-state index contributed by atoms with van der Waals surface area (Å²) >= 11 is 18.1. The fourth-order valence-corrected chi connectivity index (χ4v) is 3.35. The first-order valence-electron chi connectivity index (χ1n) is 7.26. The molecular formula is C17H13Cl3N2O2. The number of amides is 2. The van der Waals surface area contributed by atoms with Crippen molar-refractivity contribution < 1.29 is 9.59 Å². The third kappa shape index (κ3) is 3.51. The van der Waals surface area contributed by atoms with Crippen LogP contribution >= 0.6 is 34.8 Å². The van der Waals surface area contributed by atoms with Crippen LogP contribution in [0, 0.1) is 5.92 Å². The highest BCUT2D eigenvalue weighted by Gasteiger charge is 2.36. The predicted molar refractivity (Wildman–Crippen MR) is 97.0 cm³/mol. The van der Waals surface area contributed by atoms with E-state index >= 15 is 0 Å². The maximum Gasteiger partial charge on any atom is 0.229 e. The lowest BCUT2D eigenvalue weighted by Crippen LogP contribution is -2.28. The normalized spacial score (nSPS) is 17.2. The van der Waals surface area contributed by atoms with Crippen LogP contribution in [0.4, 0.5) is 11.4 Å². The van der Waals surface area contributed by atoms with Gasteiger partial charge in [0.15, 0.2) is 0 Å². The van der Waals surface area contributed by atoms with Crippen molar-refractivity contribution >= 4 is 58.0 Å². The van der Waals surface area contributed by atoms with Crippen molar-refractivity contribution in [2.24, 2.45) is 5.92 Å². The quantitative estimate of drug-likeness (QED) is 0.839. The number of halogens is 3. The van der Waals surface area contributed by atoms with E-state index in [1.54, 1.807) is 42.5 Å². The Bertz CT molecular complexity index is 773. The molecule has 0 aromatic heterocycles. The summed E-state index contributed by atoms with van der Waals surface area (Å²) in [5.41, 5.74) is 1.08. The molecule has 1 unspecified atom stereocenters. The summed E-state index contributed by atoms with van der Waals surface area (Å²) in [5, 5.41) is 4.14. The number of para-hydroxylation sites is 1. The van der Waals surface area contributed by atoms with Crippen molar-refractivity contribution in [2.75, 3.05) is 16.8 Å². The van der Waals surface area contributed by atoms with E-state index in [-0.39, 0.29) is 24.8 Å². The van der Waals surface area contributed by atoms with Gasteiger partial charge in [-0.25, -0.2) is 0 Å². The van der Waals surface area contributed by atoms with Gasteiger partial charge in [0, 0.05) is 23.7 Å².